The number of carbonyl (C=O) groups is 2. The second-order valence-corrected chi connectivity index (χ2v) is 6.80. The number of hydrogen-bond donors (Lipinski definition) is 1. The molecule has 1 N–H and O–H groups in total. The Morgan fingerprint density at radius 1 is 1.21 bits per heavy atom. The number of nitrogens with one attached hydrogen (secondary N) is 1. The Bertz CT molecular complexity index is 568. The number of likely N-dealkylation sites (tertiary alicyclic amines) is 1. The summed E-state index contributed by atoms with van der Waals surface area (Å²) >= 11 is 0. The van der Waals surface area contributed by atoms with Crippen molar-refractivity contribution in [2.24, 2.45) is 5.92 Å². The summed E-state index contributed by atoms with van der Waals surface area (Å²) < 4.78 is 5.11. The van der Waals surface area contributed by atoms with Gasteiger partial charge >= 0.3 is 0 Å². The first-order valence-electron chi connectivity index (χ1n) is 8.69. The van der Waals surface area contributed by atoms with E-state index in [0.717, 1.165) is 25.8 Å². The molecule has 2 amide bonds. The van der Waals surface area contributed by atoms with Gasteiger partial charge in [0.25, 0.3) is 5.91 Å². The molecule has 0 aliphatic carbocycles. The summed E-state index contributed by atoms with van der Waals surface area (Å²) in [5, 5.41) is 2.92. The Hall–Kier alpha value is -2.04. The van der Waals surface area contributed by atoms with Crippen molar-refractivity contribution in [3.8, 4) is 5.75 Å². The normalized spacial score (nSPS) is 19.0. The van der Waals surface area contributed by atoms with Crippen molar-refractivity contribution < 1.29 is 14.3 Å². The van der Waals surface area contributed by atoms with E-state index >= 15 is 0 Å². The van der Waals surface area contributed by atoms with Gasteiger partial charge in [-0.05, 0) is 56.4 Å². The fourth-order valence-electron chi connectivity index (χ4n) is 3.08. The first-order valence-corrected chi connectivity index (χ1v) is 8.69. The van der Waals surface area contributed by atoms with Crippen molar-refractivity contribution in [2.45, 2.75) is 52.1 Å². The molecule has 5 heteroatoms. The Labute approximate surface area is 144 Å². The third-order valence-electron chi connectivity index (χ3n) is 4.66. The van der Waals surface area contributed by atoms with Crippen LogP contribution in [0.3, 0.4) is 0 Å². The molecule has 0 radical (unpaired) electrons. The molecule has 2 atom stereocenters. The van der Waals surface area contributed by atoms with Crippen molar-refractivity contribution in [3.05, 3.63) is 29.8 Å². The third kappa shape index (κ3) is 4.28. The highest BCUT2D eigenvalue weighted by Gasteiger charge is 2.32. The Balaban J connectivity index is 2.09. The van der Waals surface area contributed by atoms with Gasteiger partial charge in [-0.1, -0.05) is 13.8 Å². The molecule has 1 aromatic rings. The van der Waals surface area contributed by atoms with E-state index in [1.165, 1.54) is 0 Å². The van der Waals surface area contributed by atoms with Crippen LogP contribution in [-0.2, 0) is 4.79 Å². The average molecular weight is 332 g/mol. The van der Waals surface area contributed by atoms with E-state index < -0.39 is 6.04 Å². The summed E-state index contributed by atoms with van der Waals surface area (Å²) in [5.41, 5.74) is 0.529. The van der Waals surface area contributed by atoms with E-state index in [2.05, 4.69) is 12.2 Å². The number of nitrogens with zero attached hydrogens (tertiary/aromatic N) is 1. The van der Waals surface area contributed by atoms with Crippen LogP contribution in [0.25, 0.3) is 0 Å². The maximum atomic E-state index is 12.9. The molecule has 5 nitrogen and oxygen atoms in total. The second-order valence-electron chi connectivity index (χ2n) is 6.80. The zero-order valence-corrected chi connectivity index (χ0v) is 15.0. The van der Waals surface area contributed by atoms with E-state index in [0.29, 0.717) is 11.3 Å². The van der Waals surface area contributed by atoms with E-state index in [-0.39, 0.29) is 23.8 Å². The van der Waals surface area contributed by atoms with Crippen molar-refractivity contribution in [1.82, 2.24) is 10.2 Å². The van der Waals surface area contributed by atoms with Crippen LogP contribution in [0.5, 0.6) is 5.75 Å². The summed E-state index contributed by atoms with van der Waals surface area (Å²) in [6.45, 7) is 6.79. The average Bonchev–Trinajstić information content (AvgIpc) is 2.59. The van der Waals surface area contributed by atoms with Crippen LogP contribution >= 0.6 is 0 Å². The van der Waals surface area contributed by atoms with Gasteiger partial charge in [0, 0.05) is 18.2 Å². The number of amides is 2. The van der Waals surface area contributed by atoms with E-state index in [1.54, 1.807) is 31.4 Å². The molecule has 1 aliphatic heterocycles. The molecule has 1 fully saturated rings. The van der Waals surface area contributed by atoms with Gasteiger partial charge in [-0.3, -0.25) is 9.59 Å². The fourth-order valence-corrected chi connectivity index (χ4v) is 3.08. The van der Waals surface area contributed by atoms with Crippen molar-refractivity contribution in [1.29, 1.82) is 0 Å². The predicted octanol–water partition coefficient (Wildman–Crippen LogP) is 2.85. The van der Waals surface area contributed by atoms with Gasteiger partial charge in [-0.2, -0.15) is 0 Å². The lowest BCUT2D eigenvalue weighted by Gasteiger charge is -2.37. The van der Waals surface area contributed by atoms with Crippen LogP contribution in [0.15, 0.2) is 24.3 Å². The Morgan fingerprint density at radius 2 is 1.88 bits per heavy atom. The lowest BCUT2D eigenvalue weighted by Crippen LogP contribution is -2.54. The predicted molar refractivity (Wildman–Crippen MR) is 94.1 cm³/mol. The molecular formula is C19H28N2O3. The quantitative estimate of drug-likeness (QED) is 0.902. The van der Waals surface area contributed by atoms with Crippen LogP contribution in [0.1, 0.15) is 50.4 Å². The monoisotopic (exact) mass is 332 g/mol. The Kier molecular flexibility index (Phi) is 6.23. The molecule has 2 rings (SSSR count). The molecule has 0 saturated carbocycles. The van der Waals surface area contributed by atoms with Gasteiger partial charge in [-0.15, -0.1) is 0 Å². The number of benzene rings is 1. The largest absolute Gasteiger partial charge is 0.497 e. The van der Waals surface area contributed by atoms with Crippen LogP contribution < -0.4 is 10.1 Å². The number of carbonyl (C=O) groups excluding carboxylic acids is 2. The molecular weight excluding hydrogens is 304 g/mol. The number of hydrogen-bond acceptors (Lipinski definition) is 3. The highest BCUT2D eigenvalue weighted by molar-refractivity contribution is 5.97. The van der Waals surface area contributed by atoms with Gasteiger partial charge < -0.3 is 15.0 Å². The summed E-state index contributed by atoms with van der Waals surface area (Å²) in [7, 11) is 1.59. The van der Waals surface area contributed by atoms with Crippen LogP contribution in [0, 0.1) is 5.92 Å². The van der Waals surface area contributed by atoms with Crippen LogP contribution in [-0.4, -0.2) is 42.5 Å². The summed E-state index contributed by atoms with van der Waals surface area (Å²) in [6.07, 6.45) is 3.23. The lowest BCUT2D eigenvalue weighted by molar-refractivity contribution is -0.137. The van der Waals surface area contributed by atoms with E-state index in [1.807, 2.05) is 18.7 Å². The molecule has 1 heterocycles. The van der Waals surface area contributed by atoms with Crippen molar-refractivity contribution >= 4 is 11.8 Å². The smallest absolute Gasteiger partial charge is 0.251 e. The van der Waals surface area contributed by atoms with E-state index in [9.17, 15) is 9.59 Å². The van der Waals surface area contributed by atoms with Gasteiger partial charge in [-0.25, -0.2) is 0 Å². The SMILES string of the molecule is COc1ccc(C(=O)N[C@@H](C(=O)N2CCCC[C@H]2C)C(C)C)cc1. The van der Waals surface area contributed by atoms with Gasteiger partial charge in [0.1, 0.15) is 11.8 Å². The minimum atomic E-state index is -0.500. The molecule has 132 valence electrons. The molecule has 1 saturated heterocycles. The lowest BCUT2D eigenvalue weighted by atomic mass is 9.97. The molecule has 24 heavy (non-hydrogen) atoms. The van der Waals surface area contributed by atoms with Crippen LogP contribution in [0.4, 0.5) is 0 Å². The van der Waals surface area contributed by atoms with Gasteiger partial charge in [0.15, 0.2) is 0 Å². The number of ether oxygens (including phenoxy) is 1. The number of rotatable bonds is 5. The topological polar surface area (TPSA) is 58.6 Å². The minimum absolute atomic E-state index is 0.0269. The molecule has 0 unspecified atom stereocenters. The summed E-state index contributed by atoms with van der Waals surface area (Å²) in [5.74, 6) is 0.535. The zero-order chi connectivity index (χ0) is 17.7. The van der Waals surface area contributed by atoms with E-state index in [4.69, 9.17) is 4.74 Å². The van der Waals surface area contributed by atoms with Crippen molar-refractivity contribution in [2.75, 3.05) is 13.7 Å². The fraction of sp³-hybridized carbons (Fsp3) is 0.579. The Morgan fingerprint density at radius 3 is 2.42 bits per heavy atom. The number of methoxy groups -OCH3 is 1. The van der Waals surface area contributed by atoms with Gasteiger partial charge in [0.05, 0.1) is 7.11 Å². The highest BCUT2D eigenvalue weighted by Crippen LogP contribution is 2.19. The maximum absolute atomic E-state index is 12.9. The number of piperidine rings is 1. The molecule has 1 aromatic carbocycles. The third-order valence-corrected chi connectivity index (χ3v) is 4.66. The van der Waals surface area contributed by atoms with Crippen molar-refractivity contribution in [3.63, 3.8) is 0 Å². The first-order chi connectivity index (χ1) is 11.4. The van der Waals surface area contributed by atoms with Gasteiger partial charge in [0.2, 0.25) is 5.91 Å². The highest BCUT2D eigenvalue weighted by atomic mass is 16.5. The summed E-state index contributed by atoms with van der Waals surface area (Å²) in [4.78, 5) is 27.3. The molecule has 0 aromatic heterocycles. The zero-order valence-electron chi connectivity index (χ0n) is 15.0. The molecule has 0 spiro atoms. The molecule has 0 bridgehead atoms. The summed E-state index contributed by atoms with van der Waals surface area (Å²) in [6, 6.07) is 6.64. The second kappa shape index (κ2) is 8.18. The van der Waals surface area contributed by atoms with Crippen LogP contribution in [0.2, 0.25) is 0 Å². The molecule has 1 aliphatic rings. The standard InChI is InChI=1S/C19H28N2O3/c1-13(2)17(19(23)21-12-6-5-7-14(21)3)20-18(22)15-8-10-16(24-4)11-9-15/h8-11,13-14,17H,5-7,12H2,1-4H3,(H,20,22)/t14-,17-/m1/s1. The first kappa shape index (κ1) is 18.3. The minimum Gasteiger partial charge on any atom is -0.497 e. The maximum Gasteiger partial charge on any atom is 0.251 e.